The number of amides is 1. The topological polar surface area (TPSA) is 41.6 Å². The normalized spacial score (nSPS) is 34.0. The number of carbonyl (C=O) groups is 1. The first-order chi connectivity index (χ1) is 7.30. The van der Waals surface area contributed by atoms with E-state index in [1.54, 1.807) is 0 Å². The number of carbonyl (C=O) groups excluding carboxylic acids is 1. The SMILES string of the molecule is CC(C)(C)OC(=O)N1CC2CNCC2(F)C1. The van der Waals surface area contributed by atoms with E-state index in [9.17, 15) is 9.18 Å². The molecule has 0 radical (unpaired) electrons. The number of nitrogens with one attached hydrogen (secondary N) is 1. The highest BCUT2D eigenvalue weighted by Gasteiger charge is 2.52. The average molecular weight is 230 g/mol. The number of fused-ring (bicyclic) bond motifs is 1. The number of nitrogens with zero attached hydrogens (tertiary/aromatic N) is 1. The Kier molecular flexibility index (Phi) is 2.61. The van der Waals surface area contributed by atoms with Crippen LogP contribution >= 0.6 is 0 Å². The van der Waals surface area contributed by atoms with Gasteiger partial charge in [0.05, 0.1) is 6.54 Å². The first kappa shape index (κ1) is 11.6. The molecule has 5 heteroatoms. The number of hydrogen-bond acceptors (Lipinski definition) is 3. The Bertz CT molecular complexity index is 303. The smallest absolute Gasteiger partial charge is 0.410 e. The fraction of sp³-hybridized carbons (Fsp3) is 0.909. The molecular weight excluding hydrogens is 211 g/mol. The van der Waals surface area contributed by atoms with Crippen molar-refractivity contribution in [2.45, 2.75) is 32.0 Å². The summed E-state index contributed by atoms with van der Waals surface area (Å²) in [6.07, 6.45) is -0.404. The summed E-state index contributed by atoms with van der Waals surface area (Å²) in [6, 6.07) is 0. The fourth-order valence-electron chi connectivity index (χ4n) is 2.31. The van der Waals surface area contributed by atoms with Crippen molar-refractivity contribution in [3.63, 3.8) is 0 Å². The van der Waals surface area contributed by atoms with Crippen molar-refractivity contribution in [3.8, 4) is 0 Å². The Balaban J connectivity index is 1.97. The summed E-state index contributed by atoms with van der Waals surface area (Å²) < 4.78 is 19.5. The molecule has 4 nitrogen and oxygen atoms in total. The van der Waals surface area contributed by atoms with Gasteiger partial charge >= 0.3 is 6.09 Å². The third-order valence-corrected chi connectivity index (χ3v) is 3.09. The third-order valence-electron chi connectivity index (χ3n) is 3.09. The monoisotopic (exact) mass is 230 g/mol. The van der Waals surface area contributed by atoms with Crippen LogP contribution in [0.2, 0.25) is 0 Å². The van der Waals surface area contributed by atoms with Gasteiger partial charge in [-0.25, -0.2) is 9.18 Å². The molecule has 0 aromatic rings. The molecule has 2 heterocycles. The quantitative estimate of drug-likeness (QED) is 0.679. The van der Waals surface area contributed by atoms with Gasteiger partial charge in [0.1, 0.15) is 11.3 Å². The summed E-state index contributed by atoms with van der Waals surface area (Å²) in [4.78, 5) is 13.2. The zero-order chi connectivity index (χ0) is 12.0. The molecule has 2 unspecified atom stereocenters. The molecule has 2 fully saturated rings. The van der Waals surface area contributed by atoms with Crippen molar-refractivity contribution in [1.82, 2.24) is 10.2 Å². The van der Waals surface area contributed by atoms with Crippen LogP contribution in [0.5, 0.6) is 0 Å². The fourth-order valence-corrected chi connectivity index (χ4v) is 2.31. The Morgan fingerprint density at radius 3 is 2.81 bits per heavy atom. The number of alkyl halides is 1. The van der Waals surface area contributed by atoms with Crippen molar-refractivity contribution in [2.75, 3.05) is 26.2 Å². The van der Waals surface area contributed by atoms with Gasteiger partial charge in [0.25, 0.3) is 0 Å². The lowest BCUT2D eigenvalue weighted by Crippen LogP contribution is -2.39. The number of halogens is 1. The van der Waals surface area contributed by atoms with E-state index in [2.05, 4.69) is 5.32 Å². The summed E-state index contributed by atoms with van der Waals surface area (Å²) in [7, 11) is 0. The molecule has 2 rings (SSSR count). The zero-order valence-corrected chi connectivity index (χ0v) is 10.0. The molecule has 92 valence electrons. The first-order valence-electron chi connectivity index (χ1n) is 5.68. The van der Waals surface area contributed by atoms with Crippen molar-refractivity contribution >= 4 is 6.09 Å². The Morgan fingerprint density at radius 2 is 2.25 bits per heavy atom. The second-order valence-corrected chi connectivity index (χ2v) is 5.72. The highest BCUT2D eigenvalue weighted by atomic mass is 19.1. The van der Waals surface area contributed by atoms with Crippen LogP contribution in [0.25, 0.3) is 0 Å². The van der Waals surface area contributed by atoms with Crippen LogP contribution in [0.3, 0.4) is 0 Å². The molecule has 0 saturated carbocycles. The van der Waals surface area contributed by atoms with Crippen LogP contribution in [0.4, 0.5) is 9.18 Å². The summed E-state index contributed by atoms with van der Waals surface area (Å²) in [5.41, 5.74) is -1.77. The van der Waals surface area contributed by atoms with E-state index >= 15 is 0 Å². The highest BCUT2D eigenvalue weighted by molar-refractivity contribution is 5.69. The maximum Gasteiger partial charge on any atom is 0.410 e. The molecule has 1 N–H and O–H groups in total. The molecule has 0 aliphatic carbocycles. The van der Waals surface area contributed by atoms with Gasteiger partial charge in [-0.05, 0) is 20.8 Å². The van der Waals surface area contributed by atoms with E-state index in [0.717, 1.165) is 0 Å². The number of likely N-dealkylation sites (tertiary alicyclic amines) is 1. The zero-order valence-electron chi connectivity index (χ0n) is 10.0. The molecule has 2 saturated heterocycles. The van der Waals surface area contributed by atoms with Crippen LogP contribution in [0, 0.1) is 5.92 Å². The molecular formula is C11H19FN2O2. The van der Waals surface area contributed by atoms with Crippen LogP contribution in [0.1, 0.15) is 20.8 Å². The van der Waals surface area contributed by atoms with Gasteiger partial charge in [0, 0.05) is 25.6 Å². The number of hydrogen-bond donors (Lipinski definition) is 1. The molecule has 0 spiro atoms. The minimum Gasteiger partial charge on any atom is -0.444 e. The predicted octanol–water partition coefficient (Wildman–Crippen LogP) is 1.16. The minimum atomic E-state index is -1.25. The lowest BCUT2D eigenvalue weighted by Gasteiger charge is -2.25. The second kappa shape index (κ2) is 3.58. The average Bonchev–Trinajstić information content (AvgIpc) is 2.55. The Morgan fingerprint density at radius 1 is 1.56 bits per heavy atom. The molecule has 0 aromatic heterocycles. The second-order valence-electron chi connectivity index (χ2n) is 5.72. The maximum atomic E-state index is 14.2. The van der Waals surface area contributed by atoms with Gasteiger partial charge in [-0.15, -0.1) is 0 Å². The largest absolute Gasteiger partial charge is 0.444 e. The summed E-state index contributed by atoms with van der Waals surface area (Å²) in [5, 5.41) is 3.02. The summed E-state index contributed by atoms with van der Waals surface area (Å²) in [6.45, 7) is 7.04. The van der Waals surface area contributed by atoms with Crippen molar-refractivity contribution < 1.29 is 13.9 Å². The number of rotatable bonds is 0. The van der Waals surface area contributed by atoms with E-state index in [1.807, 2.05) is 20.8 Å². The Labute approximate surface area is 95.1 Å². The van der Waals surface area contributed by atoms with Crippen LogP contribution in [-0.4, -0.2) is 48.4 Å². The lowest BCUT2D eigenvalue weighted by atomic mass is 9.97. The highest BCUT2D eigenvalue weighted by Crippen LogP contribution is 2.34. The standard InChI is InChI=1S/C11H19FN2O2/c1-10(2,3)16-9(15)14-5-8-4-13-6-11(8,12)7-14/h8,13H,4-7H2,1-3H3. The van der Waals surface area contributed by atoms with E-state index in [1.165, 1.54) is 4.90 Å². The van der Waals surface area contributed by atoms with Gasteiger partial charge in [-0.2, -0.15) is 0 Å². The van der Waals surface area contributed by atoms with Crippen LogP contribution in [0.15, 0.2) is 0 Å². The van der Waals surface area contributed by atoms with E-state index < -0.39 is 17.4 Å². The lowest BCUT2D eigenvalue weighted by molar-refractivity contribution is 0.0259. The number of ether oxygens (including phenoxy) is 1. The molecule has 2 aliphatic rings. The molecule has 16 heavy (non-hydrogen) atoms. The van der Waals surface area contributed by atoms with Gasteiger partial charge in [-0.3, -0.25) is 0 Å². The van der Waals surface area contributed by atoms with E-state index in [-0.39, 0.29) is 12.5 Å². The third kappa shape index (κ3) is 2.14. The van der Waals surface area contributed by atoms with Gasteiger partial charge in [-0.1, -0.05) is 0 Å². The Hall–Kier alpha value is -0.840. The summed E-state index contributed by atoms with van der Waals surface area (Å²) in [5.74, 6) is -0.0833. The van der Waals surface area contributed by atoms with Crippen molar-refractivity contribution in [1.29, 1.82) is 0 Å². The molecule has 1 amide bonds. The van der Waals surface area contributed by atoms with Crippen LogP contribution < -0.4 is 5.32 Å². The van der Waals surface area contributed by atoms with E-state index in [4.69, 9.17) is 4.74 Å². The predicted molar refractivity (Wildman–Crippen MR) is 58.0 cm³/mol. The summed E-state index contributed by atoms with van der Waals surface area (Å²) >= 11 is 0. The van der Waals surface area contributed by atoms with Crippen LogP contribution in [-0.2, 0) is 4.74 Å². The van der Waals surface area contributed by atoms with Crippen molar-refractivity contribution in [3.05, 3.63) is 0 Å². The van der Waals surface area contributed by atoms with Crippen molar-refractivity contribution in [2.24, 2.45) is 5.92 Å². The van der Waals surface area contributed by atoms with Gasteiger partial charge in [0.2, 0.25) is 0 Å². The minimum absolute atomic E-state index is 0.0833. The van der Waals surface area contributed by atoms with Gasteiger partial charge in [0.15, 0.2) is 0 Å². The van der Waals surface area contributed by atoms with Gasteiger partial charge < -0.3 is 15.0 Å². The maximum absolute atomic E-state index is 14.2. The molecule has 0 bridgehead atoms. The molecule has 0 aromatic carbocycles. The molecule has 2 atom stereocenters. The molecule has 2 aliphatic heterocycles. The van der Waals surface area contributed by atoms with E-state index in [0.29, 0.717) is 19.6 Å². The first-order valence-corrected chi connectivity index (χ1v) is 5.68.